The lowest BCUT2D eigenvalue weighted by Crippen LogP contribution is -2.44. The number of methoxy groups -OCH3 is 1. The highest BCUT2D eigenvalue weighted by atomic mass is 16.5. The summed E-state index contributed by atoms with van der Waals surface area (Å²) in [5.41, 5.74) is 5.64. The molecule has 0 aromatic carbocycles. The highest BCUT2D eigenvalue weighted by molar-refractivity contribution is 5.13. The van der Waals surface area contributed by atoms with Crippen LogP contribution < -0.4 is 5.73 Å². The molecule has 96 valence electrons. The molecule has 2 N–H and O–H groups in total. The lowest BCUT2D eigenvalue weighted by molar-refractivity contribution is 0.112. The van der Waals surface area contributed by atoms with Crippen molar-refractivity contribution in [1.29, 1.82) is 0 Å². The lowest BCUT2D eigenvalue weighted by atomic mass is 9.94. The maximum Gasteiger partial charge on any atom is 0.232 e. The zero-order valence-corrected chi connectivity index (χ0v) is 11.0. The van der Waals surface area contributed by atoms with Crippen LogP contribution in [-0.2, 0) is 15.7 Å². The van der Waals surface area contributed by atoms with E-state index in [0.717, 1.165) is 12.8 Å². The van der Waals surface area contributed by atoms with Gasteiger partial charge in [-0.3, -0.25) is 0 Å². The molecule has 1 fully saturated rings. The molecule has 5 heteroatoms. The van der Waals surface area contributed by atoms with Gasteiger partial charge in [0.25, 0.3) is 0 Å². The summed E-state index contributed by atoms with van der Waals surface area (Å²) in [5, 5.41) is 4.04. The van der Waals surface area contributed by atoms with Crippen molar-refractivity contribution >= 4 is 0 Å². The van der Waals surface area contributed by atoms with E-state index in [1.165, 1.54) is 0 Å². The van der Waals surface area contributed by atoms with E-state index in [1.54, 1.807) is 7.11 Å². The van der Waals surface area contributed by atoms with Crippen molar-refractivity contribution in [3.8, 4) is 0 Å². The molecule has 0 amide bonds. The number of hydrogen-bond acceptors (Lipinski definition) is 5. The fourth-order valence-corrected chi connectivity index (χ4v) is 1.92. The molecule has 1 saturated carbocycles. The van der Waals surface area contributed by atoms with Crippen molar-refractivity contribution in [3.63, 3.8) is 0 Å². The molecule has 0 radical (unpaired) electrons. The topological polar surface area (TPSA) is 74.2 Å². The van der Waals surface area contributed by atoms with Gasteiger partial charge in [0.1, 0.15) is 5.54 Å². The average Bonchev–Trinajstić information content (AvgIpc) is 2.94. The molecule has 0 aliphatic heterocycles. The summed E-state index contributed by atoms with van der Waals surface area (Å²) < 4.78 is 10.5. The maximum absolute atomic E-state index is 6.38. The highest BCUT2D eigenvalue weighted by Crippen LogP contribution is 2.43. The third-order valence-corrected chi connectivity index (χ3v) is 3.17. The number of nitrogens with two attached hydrogens (primary N) is 1. The first-order valence-corrected chi connectivity index (χ1v) is 6.00. The van der Waals surface area contributed by atoms with Crippen LogP contribution in [-0.4, -0.2) is 23.9 Å². The monoisotopic (exact) mass is 239 g/mol. The lowest BCUT2D eigenvalue weighted by Gasteiger charge is -2.24. The number of nitrogens with zero attached hydrogens (tertiary/aromatic N) is 2. The van der Waals surface area contributed by atoms with Gasteiger partial charge >= 0.3 is 0 Å². The second-order valence-electron chi connectivity index (χ2n) is 5.92. The summed E-state index contributed by atoms with van der Waals surface area (Å²) in [6, 6.07) is 0. The van der Waals surface area contributed by atoms with Gasteiger partial charge in [-0.25, -0.2) is 0 Å². The van der Waals surface area contributed by atoms with Crippen molar-refractivity contribution in [2.75, 3.05) is 13.7 Å². The number of rotatable bonds is 4. The van der Waals surface area contributed by atoms with Crippen molar-refractivity contribution in [2.45, 2.75) is 44.6 Å². The Morgan fingerprint density at radius 3 is 2.47 bits per heavy atom. The first kappa shape index (κ1) is 12.5. The second-order valence-corrected chi connectivity index (χ2v) is 5.92. The quantitative estimate of drug-likeness (QED) is 0.863. The van der Waals surface area contributed by atoms with Crippen LogP contribution in [0.2, 0.25) is 0 Å². The molecular formula is C12H21N3O2. The Kier molecular flexibility index (Phi) is 2.99. The van der Waals surface area contributed by atoms with E-state index in [4.69, 9.17) is 15.0 Å². The van der Waals surface area contributed by atoms with E-state index in [2.05, 4.69) is 10.1 Å². The summed E-state index contributed by atoms with van der Waals surface area (Å²) in [4.78, 5) is 4.45. The standard InChI is InChI=1S/C12H21N3O2/c1-11(2,3)10-14-9(15-17-10)12(13,7-16-4)8-5-6-8/h8H,5-7,13H2,1-4H3. The Balaban J connectivity index is 2.28. The van der Waals surface area contributed by atoms with Crippen LogP contribution >= 0.6 is 0 Å². The van der Waals surface area contributed by atoms with Crippen LogP contribution in [0.25, 0.3) is 0 Å². The minimum Gasteiger partial charge on any atom is -0.382 e. The molecule has 1 unspecified atom stereocenters. The smallest absolute Gasteiger partial charge is 0.232 e. The van der Waals surface area contributed by atoms with Gasteiger partial charge in [0.2, 0.25) is 5.89 Å². The Bertz CT molecular complexity index is 393. The van der Waals surface area contributed by atoms with Crippen molar-refractivity contribution < 1.29 is 9.26 Å². The van der Waals surface area contributed by atoms with Gasteiger partial charge in [0, 0.05) is 12.5 Å². The van der Waals surface area contributed by atoms with Gasteiger partial charge in [0.15, 0.2) is 5.82 Å². The van der Waals surface area contributed by atoms with Crippen molar-refractivity contribution in [2.24, 2.45) is 11.7 Å². The molecule has 0 bridgehead atoms. The predicted molar refractivity (Wildman–Crippen MR) is 63.5 cm³/mol. The summed E-state index contributed by atoms with van der Waals surface area (Å²) in [6.45, 7) is 6.54. The maximum atomic E-state index is 6.38. The molecule has 1 aliphatic carbocycles. The third-order valence-electron chi connectivity index (χ3n) is 3.17. The first-order chi connectivity index (χ1) is 7.88. The van der Waals surface area contributed by atoms with Crippen LogP contribution in [0.15, 0.2) is 4.52 Å². The predicted octanol–water partition coefficient (Wildman–Crippen LogP) is 1.58. The zero-order valence-electron chi connectivity index (χ0n) is 11.0. The average molecular weight is 239 g/mol. The summed E-state index contributed by atoms with van der Waals surface area (Å²) in [6.07, 6.45) is 2.22. The molecule has 0 spiro atoms. The summed E-state index contributed by atoms with van der Waals surface area (Å²) >= 11 is 0. The van der Waals surface area contributed by atoms with Crippen LogP contribution in [0.4, 0.5) is 0 Å². The molecule has 17 heavy (non-hydrogen) atoms. The fourth-order valence-electron chi connectivity index (χ4n) is 1.92. The summed E-state index contributed by atoms with van der Waals surface area (Å²) in [7, 11) is 1.65. The number of hydrogen-bond donors (Lipinski definition) is 1. The van der Waals surface area contributed by atoms with Gasteiger partial charge in [-0.15, -0.1) is 0 Å². The normalized spacial score (nSPS) is 20.3. The van der Waals surface area contributed by atoms with Gasteiger partial charge in [-0.05, 0) is 18.8 Å². The van der Waals surface area contributed by atoms with Crippen LogP contribution in [0, 0.1) is 5.92 Å². The minimum atomic E-state index is -0.595. The molecular weight excluding hydrogens is 218 g/mol. The first-order valence-electron chi connectivity index (χ1n) is 6.00. The van der Waals surface area contributed by atoms with Crippen molar-refractivity contribution in [1.82, 2.24) is 10.1 Å². The van der Waals surface area contributed by atoms with E-state index in [1.807, 2.05) is 20.8 Å². The second kappa shape index (κ2) is 4.07. The van der Waals surface area contributed by atoms with Crippen LogP contribution in [0.3, 0.4) is 0 Å². The largest absolute Gasteiger partial charge is 0.382 e. The van der Waals surface area contributed by atoms with Gasteiger partial charge in [-0.2, -0.15) is 4.98 Å². The molecule has 0 saturated heterocycles. The van der Waals surface area contributed by atoms with E-state index in [0.29, 0.717) is 24.2 Å². The number of aromatic nitrogens is 2. The Morgan fingerprint density at radius 2 is 2.06 bits per heavy atom. The van der Waals surface area contributed by atoms with Crippen molar-refractivity contribution in [3.05, 3.63) is 11.7 Å². The van der Waals surface area contributed by atoms with E-state index < -0.39 is 5.54 Å². The molecule has 1 atom stereocenters. The van der Waals surface area contributed by atoms with Crippen LogP contribution in [0.5, 0.6) is 0 Å². The van der Waals surface area contributed by atoms with Gasteiger partial charge in [0.05, 0.1) is 6.61 Å². The third kappa shape index (κ3) is 2.35. The number of ether oxygens (including phenoxy) is 1. The molecule has 1 aromatic heterocycles. The highest BCUT2D eigenvalue weighted by Gasteiger charge is 2.47. The van der Waals surface area contributed by atoms with E-state index >= 15 is 0 Å². The van der Waals surface area contributed by atoms with Gasteiger partial charge in [-0.1, -0.05) is 25.9 Å². The van der Waals surface area contributed by atoms with Crippen LogP contribution in [0.1, 0.15) is 45.3 Å². The Morgan fingerprint density at radius 1 is 1.41 bits per heavy atom. The minimum absolute atomic E-state index is 0.150. The molecule has 1 heterocycles. The van der Waals surface area contributed by atoms with Gasteiger partial charge < -0.3 is 15.0 Å². The Hall–Kier alpha value is -0.940. The zero-order chi connectivity index (χ0) is 12.7. The molecule has 1 aliphatic rings. The fraction of sp³-hybridized carbons (Fsp3) is 0.833. The Labute approximate surface area is 102 Å². The summed E-state index contributed by atoms with van der Waals surface area (Å²) in [5.74, 6) is 1.61. The van der Waals surface area contributed by atoms with E-state index in [9.17, 15) is 0 Å². The molecule has 1 aromatic rings. The SMILES string of the molecule is COCC(N)(c1noc(C(C)(C)C)n1)C1CC1. The molecule has 2 rings (SSSR count). The van der Waals surface area contributed by atoms with E-state index in [-0.39, 0.29) is 5.41 Å². The molecule has 5 nitrogen and oxygen atoms in total.